The van der Waals surface area contributed by atoms with Gasteiger partial charge in [0, 0.05) is 10.4 Å². The molecule has 1 heterocycles. The summed E-state index contributed by atoms with van der Waals surface area (Å²) in [6, 6.07) is 17.2. The Balaban J connectivity index is 0.000000257. The summed E-state index contributed by atoms with van der Waals surface area (Å²) in [6.45, 7) is 8.85. The van der Waals surface area contributed by atoms with Crippen molar-refractivity contribution in [2.24, 2.45) is 11.8 Å². The predicted molar refractivity (Wildman–Crippen MR) is 140 cm³/mol. The molecule has 33 heavy (non-hydrogen) atoms. The van der Waals surface area contributed by atoms with Gasteiger partial charge in [-0.25, -0.2) is 4.98 Å². The average molecular weight is 464 g/mol. The summed E-state index contributed by atoms with van der Waals surface area (Å²) in [6.07, 6.45) is 7.27. The monoisotopic (exact) mass is 463 g/mol. The standard InChI is InChI=1S/C21H23NS.C8H14O2/c1-4-10-19-20(5-2)23-21(22-19)18-14-9-13-17(15(18)3)16-11-7-6-8-12-16;1-6-2-4-7(5-3-6)8(9)10/h6-9,11-14H,4-5,10H2,1-3H3;6-7H,2-5H2,1H3,(H,9,10). The zero-order chi connectivity index (χ0) is 23.8. The number of hydrogen-bond acceptors (Lipinski definition) is 3. The molecule has 176 valence electrons. The number of carbonyl (C=O) groups is 1. The van der Waals surface area contributed by atoms with Gasteiger partial charge >= 0.3 is 5.97 Å². The molecular formula is C29H37NO2S. The average Bonchev–Trinajstić information content (AvgIpc) is 3.23. The van der Waals surface area contributed by atoms with Gasteiger partial charge in [0.15, 0.2) is 0 Å². The largest absolute Gasteiger partial charge is 0.481 e. The third-order valence-corrected chi connectivity index (χ3v) is 7.88. The van der Waals surface area contributed by atoms with Crippen LogP contribution in [0.5, 0.6) is 0 Å². The highest BCUT2D eigenvalue weighted by Crippen LogP contribution is 2.35. The summed E-state index contributed by atoms with van der Waals surface area (Å²) < 4.78 is 0. The van der Waals surface area contributed by atoms with Gasteiger partial charge in [-0.1, -0.05) is 75.7 Å². The fourth-order valence-electron chi connectivity index (χ4n) is 4.51. The maximum Gasteiger partial charge on any atom is 0.306 e. The number of aryl methyl sites for hydroxylation is 2. The second-order valence-corrected chi connectivity index (χ2v) is 10.2. The molecule has 0 amide bonds. The minimum Gasteiger partial charge on any atom is -0.481 e. The van der Waals surface area contributed by atoms with Gasteiger partial charge in [0.05, 0.1) is 11.6 Å². The van der Waals surface area contributed by atoms with E-state index in [0.29, 0.717) is 0 Å². The lowest BCUT2D eigenvalue weighted by molar-refractivity contribution is -0.143. The Hall–Kier alpha value is -2.46. The first-order chi connectivity index (χ1) is 15.9. The highest BCUT2D eigenvalue weighted by molar-refractivity contribution is 7.15. The second kappa shape index (κ2) is 12.1. The number of benzene rings is 2. The lowest BCUT2D eigenvalue weighted by atomic mass is 9.83. The third kappa shape index (κ3) is 6.54. The summed E-state index contributed by atoms with van der Waals surface area (Å²) >= 11 is 1.86. The maximum absolute atomic E-state index is 10.5. The smallest absolute Gasteiger partial charge is 0.306 e. The molecule has 0 atom stereocenters. The molecule has 3 aromatic rings. The number of rotatable bonds is 6. The molecule has 3 nitrogen and oxygen atoms in total. The zero-order valence-corrected chi connectivity index (χ0v) is 21.3. The maximum atomic E-state index is 10.5. The summed E-state index contributed by atoms with van der Waals surface area (Å²) in [7, 11) is 0. The van der Waals surface area contributed by atoms with Crippen molar-refractivity contribution < 1.29 is 9.90 Å². The van der Waals surface area contributed by atoms with Gasteiger partial charge in [-0.2, -0.15) is 0 Å². The number of aromatic nitrogens is 1. The highest BCUT2D eigenvalue weighted by Gasteiger charge is 2.23. The van der Waals surface area contributed by atoms with E-state index in [1.165, 1.54) is 37.8 Å². The second-order valence-electron chi connectivity index (χ2n) is 9.13. The van der Waals surface area contributed by atoms with Crippen LogP contribution >= 0.6 is 11.3 Å². The molecule has 1 aromatic heterocycles. The molecule has 1 aliphatic carbocycles. The number of thiazole rings is 1. The number of hydrogen-bond donors (Lipinski definition) is 1. The van der Waals surface area contributed by atoms with E-state index in [1.807, 2.05) is 11.3 Å². The topological polar surface area (TPSA) is 50.2 Å². The number of carboxylic acids is 1. The van der Waals surface area contributed by atoms with Crippen molar-refractivity contribution >= 4 is 17.3 Å². The predicted octanol–water partition coefficient (Wildman–Crippen LogP) is 8.20. The molecule has 0 aliphatic heterocycles. The van der Waals surface area contributed by atoms with E-state index < -0.39 is 5.97 Å². The van der Waals surface area contributed by atoms with Gasteiger partial charge < -0.3 is 5.11 Å². The molecule has 2 aromatic carbocycles. The molecule has 1 aliphatic rings. The van der Waals surface area contributed by atoms with Gasteiger partial charge in [-0.05, 0) is 68.1 Å². The summed E-state index contributed by atoms with van der Waals surface area (Å²) in [5.41, 5.74) is 6.45. The molecule has 0 bridgehead atoms. The van der Waals surface area contributed by atoms with E-state index in [4.69, 9.17) is 10.1 Å². The summed E-state index contributed by atoms with van der Waals surface area (Å²) in [4.78, 5) is 16.9. The fourth-order valence-corrected chi connectivity index (χ4v) is 5.64. The van der Waals surface area contributed by atoms with E-state index in [9.17, 15) is 4.79 Å². The van der Waals surface area contributed by atoms with Crippen molar-refractivity contribution in [2.75, 3.05) is 0 Å². The highest BCUT2D eigenvalue weighted by atomic mass is 32.1. The Bertz CT molecular complexity index is 1030. The molecule has 1 fully saturated rings. The van der Waals surface area contributed by atoms with Gasteiger partial charge in [0.25, 0.3) is 0 Å². The van der Waals surface area contributed by atoms with Gasteiger partial charge in [0.1, 0.15) is 5.01 Å². The molecular weight excluding hydrogens is 426 g/mol. The van der Waals surface area contributed by atoms with Crippen molar-refractivity contribution in [3.8, 4) is 21.7 Å². The number of nitrogens with zero attached hydrogens (tertiary/aromatic N) is 1. The lowest BCUT2D eigenvalue weighted by Crippen LogP contribution is -2.19. The van der Waals surface area contributed by atoms with Crippen molar-refractivity contribution in [2.45, 2.75) is 72.6 Å². The van der Waals surface area contributed by atoms with E-state index >= 15 is 0 Å². The Labute approximate surface area is 202 Å². The minimum atomic E-state index is -0.605. The molecule has 1 N–H and O–H groups in total. The first-order valence-corrected chi connectivity index (χ1v) is 13.1. The van der Waals surface area contributed by atoms with Crippen LogP contribution in [0.2, 0.25) is 0 Å². The first-order valence-electron chi connectivity index (χ1n) is 12.3. The van der Waals surface area contributed by atoms with Crippen LogP contribution in [0, 0.1) is 18.8 Å². The molecule has 0 radical (unpaired) electrons. The molecule has 0 saturated heterocycles. The van der Waals surface area contributed by atoms with Crippen LogP contribution in [0.1, 0.15) is 69.0 Å². The molecule has 1 saturated carbocycles. The third-order valence-electron chi connectivity index (χ3n) is 6.60. The summed E-state index contributed by atoms with van der Waals surface area (Å²) in [5.74, 6) is 0.0960. The fraction of sp³-hybridized carbons (Fsp3) is 0.448. The van der Waals surface area contributed by atoms with Gasteiger partial charge in [0.2, 0.25) is 0 Å². The van der Waals surface area contributed by atoms with Crippen LogP contribution in [0.15, 0.2) is 48.5 Å². The van der Waals surface area contributed by atoms with Crippen LogP contribution in [-0.2, 0) is 17.6 Å². The van der Waals surface area contributed by atoms with Gasteiger partial charge in [-0.3, -0.25) is 4.79 Å². The molecule has 0 spiro atoms. The van der Waals surface area contributed by atoms with Crippen LogP contribution < -0.4 is 0 Å². The Morgan fingerprint density at radius 3 is 2.27 bits per heavy atom. The van der Waals surface area contributed by atoms with Crippen LogP contribution in [0.25, 0.3) is 21.7 Å². The summed E-state index contributed by atoms with van der Waals surface area (Å²) in [5, 5.41) is 9.79. The van der Waals surface area contributed by atoms with E-state index in [-0.39, 0.29) is 5.92 Å². The number of carboxylic acid groups (broad SMARTS) is 1. The van der Waals surface area contributed by atoms with Crippen molar-refractivity contribution in [1.82, 2.24) is 4.98 Å². The zero-order valence-electron chi connectivity index (χ0n) is 20.4. The molecule has 0 unspecified atom stereocenters. The van der Waals surface area contributed by atoms with Crippen LogP contribution in [-0.4, -0.2) is 16.1 Å². The lowest BCUT2D eigenvalue weighted by Gasteiger charge is -2.22. The quantitative estimate of drug-likeness (QED) is 0.401. The first kappa shape index (κ1) is 25.2. The van der Waals surface area contributed by atoms with Crippen LogP contribution in [0.3, 0.4) is 0 Å². The van der Waals surface area contributed by atoms with Crippen molar-refractivity contribution in [3.63, 3.8) is 0 Å². The van der Waals surface area contributed by atoms with E-state index in [0.717, 1.165) is 50.9 Å². The van der Waals surface area contributed by atoms with Crippen molar-refractivity contribution in [1.29, 1.82) is 0 Å². The Morgan fingerprint density at radius 2 is 1.67 bits per heavy atom. The minimum absolute atomic E-state index is 0.0452. The molecule has 4 heteroatoms. The SMILES string of the molecule is CC1CCC(C(=O)O)CC1.CCCc1nc(-c2cccc(-c3ccccc3)c2C)sc1CC. The molecule has 4 rings (SSSR count). The van der Waals surface area contributed by atoms with Gasteiger partial charge in [-0.15, -0.1) is 11.3 Å². The Morgan fingerprint density at radius 1 is 1.00 bits per heavy atom. The van der Waals surface area contributed by atoms with E-state index in [1.54, 1.807) is 0 Å². The van der Waals surface area contributed by atoms with E-state index in [2.05, 4.69) is 76.2 Å². The Kier molecular flexibility index (Phi) is 9.25. The normalized spacial score (nSPS) is 17.8. The van der Waals surface area contributed by atoms with Crippen LogP contribution in [0.4, 0.5) is 0 Å². The van der Waals surface area contributed by atoms with Crippen molar-refractivity contribution in [3.05, 3.63) is 64.7 Å². The number of aliphatic carboxylic acids is 1.